The number of benzene rings is 1. The molecule has 0 spiro atoms. The maximum absolute atomic E-state index is 12.8. The van der Waals surface area contributed by atoms with E-state index in [-0.39, 0.29) is 5.91 Å². The number of hydrogen-bond acceptors (Lipinski definition) is 2. The number of rotatable bonds is 4. The van der Waals surface area contributed by atoms with E-state index in [1.807, 2.05) is 47.1 Å². The van der Waals surface area contributed by atoms with Gasteiger partial charge in [0.1, 0.15) is 0 Å². The monoisotopic (exact) mass is 363 g/mol. The number of hydrogen-bond donors (Lipinski definition) is 2. The number of carbonyl (C=O) groups excluding carboxylic acids is 1. The van der Waals surface area contributed by atoms with Crippen molar-refractivity contribution in [3.8, 4) is 0 Å². The molecule has 26 heavy (non-hydrogen) atoms. The first-order valence-corrected chi connectivity index (χ1v) is 8.55. The summed E-state index contributed by atoms with van der Waals surface area (Å²) in [5.41, 5.74) is 3.03. The van der Waals surface area contributed by atoms with E-state index in [1.54, 1.807) is 30.5 Å². The van der Waals surface area contributed by atoms with Crippen molar-refractivity contribution in [1.29, 1.82) is 0 Å². The van der Waals surface area contributed by atoms with E-state index in [1.165, 1.54) is 0 Å². The zero-order valence-corrected chi connectivity index (χ0v) is 14.6. The van der Waals surface area contributed by atoms with Crippen LogP contribution in [0.1, 0.15) is 21.9 Å². The average molecular weight is 364 g/mol. The highest BCUT2D eigenvalue weighted by Crippen LogP contribution is 2.17. The molecule has 0 aliphatic rings. The predicted molar refractivity (Wildman–Crippen MR) is 100 cm³/mol. The van der Waals surface area contributed by atoms with Gasteiger partial charge in [-0.1, -0.05) is 29.8 Å². The van der Waals surface area contributed by atoms with Gasteiger partial charge in [-0.2, -0.15) is 4.40 Å². The van der Waals surface area contributed by atoms with E-state index >= 15 is 0 Å². The summed E-state index contributed by atoms with van der Waals surface area (Å²) in [6.45, 7) is 0. The lowest BCUT2D eigenvalue weighted by Crippen LogP contribution is -2.24. The smallest absolute Gasteiger partial charge is 0.299 e. The highest BCUT2D eigenvalue weighted by molar-refractivity contribution is 6.31. The number of amides is 1. The largest absolute Gasteiger partial charge is 0.319 e. The second kappa shape index (κ2) is 6.98. The fourth-order valence-electron chi connectivity index (χ4n) is 2.91. The molecule has 3 aromatic heterocycles. The molecule has 4 rings (SSSR count). The number of halogens is 1. The number of aromatic amines is 1. The summed E-state index contributed by atoms with van der Waals surface area (Å²) in [6.07, 6.45) is 6.15. The third-order valence-corrected chi connectivity index (χ3v) is 4.32. The SMILES string of the molecule is O=C(Nc1cccc(Cl)c1)c1[nH]c(Cc2cccnc2)[n+]2ccccc12. The summed E-state index contributed by atoms with van der Waals surface area (Å²) in [7, 11) is 0. The Hall–Kier alpha value is -3.18. The molecule has 0 aliphatic heterocycles. The van der Waals surface area contributed by atoms with Crippen molar-refractivity contribution in [3.05, 3.63) is 95.3 Å². The van der Waals surface area contributed by atoms with Crippen LogP contribution in [0.2, 0.25) is 5.02 Å². The topological polar surface area (TPSA) is 61.9 Å². The highest BCUT2D eigenvalue weighted by atomic mass is 35.5. The van der Waals surface area contributed by atoms with Gasteiger partial charge in [-0.3, -0.25) is 9.78 Å². The minimum Gasteiger partial charge on any atom is -0.319 e. The zero-order chi connectivity index (χ0) is 17.9. The Balaban J connectivity index is 1.70. The summed E-state index contributed by atoms with van der Waals surface area (Å²) in [5, 5.41) is 3.46. The van der Waals surface area contributed by atoms with Gasteiger partial charge in [0.05, 0.1) is 12.6 Å². The Bertz CT molecular complexity index is 1080. The Morgan fingerprint density at radius 3 is 2.88 bits per heavy atom. The van der Waals surface area contributed by atoms with Crippen LogP contribution in [0, 0.1) is 0 Å². The number of anilines is 1. The van der Waals surface area contributed by atoms with Crippen molar-refractivity contribution in [2.24, 2.45) is 0 Å². The molecule has 0 atom stereocenters. The summed E-state index contributed by atoms with van der Waals surface area (Å²) >= 11 is 5.99. The number of fused-ring (bicyclic) bond motifs is 1. The van der Waals surface area contributed by atoms with Gasteiger partial charge in [-0.25, -0.2) is 4.98 Å². The maximum Gasteiger partial charge on any atom is 0.299 e. The molecule has 3 heterocycles. The Kier molecular flexibility index (Phi) is 4.37. The summed E-state index contributed by atoms with van der Waals surface area (Å²) < 4.78 is 1.99. The standard InChI is InChI=1S/C20H15ClN4O/c21-15-6-3-7-16(12-15)23-20(26)19-17-8-1-2-10-25(17)18(24-19)11-14-5-4-9-22-13-14/h1-10,12-13H,11H2,(H,23,26)/p+1. The van der Waals surface area contributed by atoms with Gasteiger partial charge in [0.2, 0.25) is 5.69 Å². The molecule has 0 aliphatic carbocycles. The maximum atomic E-state index is 12.8. The Labute approximate surface area is 155 Å². The van der Waals surface area contributed by atoms with Crippen LogP contribution in [-0.2, 0) is 6.42 Å². The lowest BCUT2D eigenvalue weighted by atomic mass is 10.2. The molecular formula is C20H16ClN4O+. The first-order valence-electron chi connectivity index (χ1n) is 8.18. The lowest BCUT2D eigenvalue weighted by Gasteiger charge is -2.02. The van der Waals surface area contributed by atoms with Crippen LogP contribution >= 0.6 is 11.6 Å². The van der Waals surface area contributed by atoms with E-state index in [2.05, 4.69) is 15.3 Å². The molecule has 0 radical (unpaired) electrons. The molecule has 0 bridgehead atoms. The van der Waals surface area contributed by atoms with Gasteiger partial charge in [0, 0.05) is 23.1 Å². The number of aromatic nitrogens is 3. The highest BCUT2D eigenvalue weighted by Gasteiger charge is 2.24. The molecule has 6 heteroatoms. The third kappa shape index (κ3) is 3.30. The number of pyridine rings is 2. The van der Waals surface area contributed by atoms with Crippen LogP contribution in [0.15, 0.2) is 73.2 Å². The number of nitrogens with one attached hydrogen (secondary N) is 2. The molecule has 4 aromatic rings. The van der Waals surface area contributed by atoms with Crippen molar-refractivity contribution in [2.45, 2.75) is 6.42 Å². The minimum atomic E-state index is -0.214. The molecule has 1 aromatic carbocycles. The van der Waals surface area contributed by atoms with Gasteiger partial charge < -0.3 is 5.32 Å². The van der Waals surface area contributed by atoms with E-state index in [9.17, 15) is 4.79 Å². The third-order valence-electron chi connectivity index (χ3n) is 4.08. The Morgan fingerprint density at radius 2 is 2.08 bits per heavy atom. The number of nitrogens with zero attached hydrogens (tertiary/aromatic N) is 2. The lowest BCUT2D eigenvalue weighted by molar-refractivity contribution is -0.520. The number of H-pyrrole nitrogens is 1. The second-order valence-corrected chi connectivity index (χ2v) is 6.34. The average Bonchev–Trinajstić information content (AvgIpc) is 3.01. The molecule has 0 saturated heterocycles. The number of carbonyl (C=O) groups is 1. The predicted octanol–water partition coefficient (Wildman–Crippen LogP) is 3.64. The number of imidazole rings is 1. The summed E-state index contributed by atoms with van der Waals surface area (Å²) in [4.78, 5) is 20.2. The fraction of sp³-hybridized carbons (Fsp3) is 0.0500. The van der Waals surface area contributed by atoms with Crippen LogP contribution < -0.4 is 9.72 Å². The van der Waals surface area contributed by atoms with Crippen molar-refractivity contribution in [1.82, 2.24) is 9.97 Å². The summed E-state index contributed by atoms with van der Waals surface area (Å²) in [6, 6.07) is 16.8. The molecule has 5 nitrogen and oxygen atoms in total. The van der Waals surface area contributed by atoms with Crippen molar-refractivity contribution in [3.63, 3.8) is 0 Å². The molecule has 1 amide bonds. The molecule has 0 fully saturated rings. The zero-order valence-electron chi connectivity index (χ0n) is 13.8. The first-order chi connectivity index (χ1) is 12.7. The van der Waals surface area contributed by atoms with Crippen molar-refractivity contribution in [2.75, 3.05) is 5.32 Å². The van der Waals surface area contributed by atoms with Gasteiger partial charge in [-0.15, -0.1) is 0 Å². The molecular weight excluding hydrogens is 348 g/mol. The fourth-order valence-corrected chi connectivity index (χ4v) is 3.10. The van der Waals surface area contributed by atoms with E-state index in [0.717, 1.165) is 16.9 Å². The minimum absolute atomic E-state index is 0.214. The molecule has 0 unspecified atom stereocenters. The summed E-state index contributed by atoms with van der Waals surface area (Å²) in [5.74, 6) is 0.693. The van der Waals surface area contributed by atoms with Crippen LogP contribution in [0.3, 0.4) is 0 Å². The molecule has 128 valence electrons. The van der Waals surface area contributed by atoms with Crippen LogP contribution in [0.25, 0.3) is 5.52 Å². The first kappa shape index (κ1) is 16.3. The normalized spacial score (nSPS) is 10.8. The quantitative estimate of drug-likeness (QED) is 0.544. The molecule has 2 N–H and O–H groups in total. The van der Waals surface area contributed by atoms with Crippen molar-refractivity contribution >= 4 is 28.7 Å². The van der Waals surface area contributed by atoms with E-state index in [4.69, 9.17) is 11.6 Å². The van der Waals surface area contributed by atoms with Crippen LogP contribution in [0.5, 0.6) is 0 Å². The van der Waals surface area contributed by atoms with Crippen molar-refractivity contribution < 1.29 is 9.20 Å². The van der Waals surface area contributed by atoms with E-state index in [0.29, 0.717) is 22.8 Å². The van der Waals surface area contributed by atoms with Gasteiger partial charge in [-0.05, 0) is 42.0 Å². The molecule has 0 saturated carbocycles. The van der Waals surface area contributed by atoms with Gasteiger partial charge >= 0.3 is 0 Å². The van der Waals surface area contributed by atoms with Crippen LogP contribution in [0.4, 0.5) is 5.69 Å². The second-order valence-electron chi connectivity index (χ2n) is 5.91. The Morgan fingerprint density at radius 1 is 1.15 bits per heavy atom. The van der Waals surface area contributed by atoms with Gasteiger partial charge in [0.15, 0.2) is 5.52 Å². The van der Waals surface area contributed by atoms with E-state index < -0.39 is 0 Å². The van der Waals surface area contributed by atoms with Crippen LogP contribution in [-0.4, -0.2) is 15.9 Å². The van der Waals surface area contributed by atoms with Gasteiger partial charge in [0.25, 0.3) is 11.7 Å².